The van der Waals surface area contributed by atoms with E-state index >= 15 is 0 Å². The van der Waals surface area contributed by atoms with E-state index in [1.54, 1.807) is 0 Å². The monoisotopic (exact) mass is 289 g/mol. The Hall–Kier alpha value is -2.41. The minimum atomic E-state index is -0.991. The Morgan fingerprint density at radius 1 is 1.19 bits per heavy atom. The summed E-state index contributed by atoms with van der Waals surface area (Å²) in [6.07, 6.45) is -0.379. The predicted octanol–water partition coefficient (Wildman–Crippen LogP) is -0.00160. The second-order valence-electron chi connectivity index (χ2n) is 5.28. The lowest BCUT2D eigenvalue weighted by molar-refractivity contribution is -0.143. The van der Waals surface area contributed by atoms with Crippen LogP contribution in [0.1, 0.15) is 17.9 Å². The highest BCUT2D eigenvalue weighted by Crippen LogP contribution is 2.36. The van der Waals surface area contributed by atoms with E-state index in [0.29, 0.717) is 6.42 Å². The lowest BCUT2D eigenvalue weighted by Crippen LogP contribution is -2.69. The third-order valence-electron chi connectivity index (χ3n) is 4.01. The number of carboxylic acids is 1. The highest BCUT2D eigenvalue weighted by molar-refractivity contribution is 5.99. The van der Waals surface area contributed by atoms with Crippen molar-refractivity contribution in [2.45, 2.75) is 24.5 Å². The topological polar surface area (TPSA) is 108 Å². The quantitative estimate of drug-likeness (QED) is 0.613. The van der Waals surface area contributed by atoms with Gasteiger partial charge in [0.05, 0.1) is 12.1 Å². The fourth-order valence-electron chi connectivity index (χ4n) is 3.08. The molecule has 1 aromatic carbocycles. The molecule has 0 aliphatic carbocycles. The van der Waals surface area contributed by atoms with Crippen molar-refractivity contribution >= 4 is 17.9 Å². The number of benzene rings is 1. The van der Waals surface area contributed by atoms with Gasteiger partial charge in [-0.1, -0.05) is 30.3 Å². The number of hydrogen-bond acceptors (Lipinski definition) is 4. The van der Waals surface area contributed by atoms with Gasteiger partial charge in [0.25, 0.3) is 0 Å². The molecule has 3 amide bonds. The van der Waals surface area contributed by atoms with E-state index in [1.165, 1.54) is 0 Å². The van der Waals surface area contributed by atoms with E-state index in [1.807, 2.05) is 30.3 Å². The molecule has 0 saturated carbocycles. The molecule has 21 heavy (non-hydrogen) atoms. The van der Waals surface area contributed by atoms with Gasteiger partial charge in [-0.2, -0.15) is 0 Å². The Bertz CT molecular complexity index is 589. The van der Waals surface area contributed by atoms with Crippen molar-refractivity contribution in [3.8, 4) is 0 Å². The molecular weight excluding hydrogens is 274 g/mol. The third kappa shape index (κ3) is 2.47. The Morgan fingerprint density at radius 2 is 1.90 bits per heavy atom. The second-order valence-corrected chi connectivity index (χ2v) is 5.28. The Balaban J connectivity index is 1.96. The van der Waals surface area contributed by atoms with Gasteiger partial charge in [0.1, 0.15) is 6.04 Å². The van der Waals surface area contributed by atoms with Crippen molar-refractivity contribution in [2.24, 2.45) is 5.92 Å². The average Bonchev–Trinajstić information content (AvgIpc) is 2.46. The molecule has 0 aromatic heterocycles. The lowest BCUT2D eigenvalue weighted by atomic mass is 9.75. The van der Waals surface area contributed by atoms with E-state index < -0.39 is 30.1 Å². The molecule has 0 radical (unpaired) electrons. The number of fused-ring (bicyclic) bond motifs is 1. The summed E-state index contributed by atoms with van der Waals surface area (Å²) < 4.78 is 0. The molecule has 110 valence electrons. The summed E-state index contributed by atoms with van der Waals surface area (Å²) in [6, 6.07) is 7.89. The Morgan fingerprint density at radius 3 is 2.57 bits per heavy atom. The molecule has 7 nitrogen and oxygen atoms in total. The van der Waals surface area contributed by atoms with Gasteiger partial charge >= 0.3 is 12.0 Å². The first-order valence-electron chi connectivity index (χ1n) is 6.71. The fraction of sp³-hybridized carbons (Fsp3) is 0.357. The zero-order valence-corrected chi connectivity index (χ0v) is 11.1. The number of imide groups is 1. The van der Waals surface area contributed by atoms with Gasteiger partial charge in [0.2, 0.25) is 5.91 Å². The number of rotatable bonds is 2. The molecule has 2 saturated heterocycles. The van der Waals surface area contributed by atoms with E-state index in [-0.39, 0.29) is 11.8 Å². The van der Waals surface area contributed by atoms with Gasteiger partial charge in [-0.15, -0.1) is 0 Å². The van der Waals surface area contributed by atoms with Gasteiger partial charge in [-0.05, 0) is 12.0 Å². The van der Waals surface area contributed by atoms with Crippen molar-refractivity contribution in [2.75, 3.05) is 0 Å². The number of aliphatic carboxylic acids is 1. The van der Waals surface area contributed by atoms with E-state index in [0.717, 1.165) is 5.56 Å². The van der Waals surface area contributed by atoms with Crippen molar-refractivity contribution in [1.82, 2.24) is 16.0 Å². The van der Waals surface area contributed by atoms with Crippen LogP contribution in [0.4, 0.5) is 4.79 Å². The minimum Gasteiger partial charge on any atom is -0.480 e. The largest absolute Gasteiger partial charge is 0.480 e. The summed E-state index contributed by atoms with van der Waals surface area (Å²) in [4.78, 5) is 34.9. The lowest BCUT2D eigenvalue weighted by Gasteiger charge is -2.43. The molecule has 7 heteroatoms. The number of nitrogens with one attached hydrogen (secondary N) is 3. The van der Waals surface area contributed by atoms with Crippen molar-refractivity contribution < 1.29 is 19.5 Å². The van der Waals surface area contributed by atoms with Crippen LogP contribution >= 0.6 is 0 Å². The average molecular weight is 289 g/mol. The summed E-state index contributed by atoms with van der Waals surface area (Å²) >= 11 is 0. The predicted molar refractivity (Wildman–Crippen MR) is 72.3 cm³/mol. The molecule has 4 N–H and O–H groups in total. The smallest absolute Gasteiger partial charge is 0.322 e. The van der Waals surface area contributed by atoms with Crippen LogP contribution in [0.2, 0.25) is 0 Å². The molecule has 3 rings (SSSR count). The minimum absolute atomic E-state index is 0.265. The summed E-state index contributed by atoms with van der Waals surface area (Å²) in [5.74, 6) is -2.16. The summed E-state index contributed by atoms with van der Waals surface area (Å²) in [5, 5.41) is 16.9. The van der Waals surface area contributed by atoms with Gasteiger partial charge in [0.15, 0.2) is 0 Å². The van der Waals surface area contributed by atoms with Gasteiger partial charge < -0.3 is 10.4 Å². The first-order valence-corrected chi connectivity index (χ1v) is 6.71. The van der Waals surface area contributed by atoms with Gasteiger partial charge in [-0.3, -0.25) is 20.2 Å². The molecule has 2 heterocycles. The maximum atomic E-state index is 12.1. The standard InChI is InChI=1S/C14H15N3O4/c18-12-10-8(7-4-2-1-3-5-7)6-9(13(19)20)15-11(10)16-14(21)17-12/h1-5,8-11,15H,6H2,(H,19,20)(H2,16,17,18,21). The molecule has 0 spiro atoms. The number of carboxylic acid groups (broad SMARTS) is 1. The van der Waals surface area contributed by atoms with E-state index in [9.17, 15) is 19.5 Å². The first kappa shape index (κ1) is 13.6. The van der Waals surface area contributed by atoms with Crippen LogP contribution < -0.4 is 16.0 Å². The van der Waals surface area contributed by atoms with E-state index in [2.05, 4.69) is 16.0 Å². The summed E-state index contributed by atoms with van der Waals surface area (Å²) in [5.41, 5.74) is 0.895. The molecule has 1 aromatic rings. The maximum absolute atomic E-state index is 12.1. The zero-order valence-electron chi connectivity index (χ0n) is 11.1. The van der Waals surface area contributed by atoms with Crippen LogP contribution in [0.15, 0.2) is 30.3 Å². The summed E-state index contributed by atoms with van der Waals surface area (Å²) in [6.45, 7) is 0. The van der Waals surface area contributed by atoms with Gasteiger partial charge in [-0.25, -0.2) is 4.79 Å². The number of piperidine rings is 1. The Kier molecular flexibility index (Phi) is 3.34. The van der Waals surface area contributed by atoms with Crippen molar-refractivity contribution in [3.63, 3.8) is 0 Å². The molecule has 4 atom stereocenters. The van der Waals surface area contributed by atoms with Gasteiger partial charge in [0, 0.05) is 5.92 Å². The molecular formula is C14H15N3O4. The SMILES string of the molecule is O=C1NC(=O)C2C(N1)NC(C(=O)O)CC2c1ccccc1. The zero-order chi connectivity index (χ0) is 15.0. The molecule has 2 aliphatic rings. The molecule has 2 fully saturated rings. The molecule has 4 unspecified atom stereocenters. The van der Waals surface area contributed by atoms with Crippen LogP contribution in [0.3, 0.4) is 0 Å². The maximum Gasteiger partial charge on any atom is 0.322 e. The normalized spacial score (nSPS) is 31.8. The highest BCUT2D eigenvalue weighted by Gasteiger charge is 2.47. The number of amides is 3. The van der Waals surface area contributed by atoms with E-state index in [4.69, 9.17) is 0 Å². The highest BCUT2D eigenvalue weighted by atomic mass is 16.4. The van der Waals surface area contributed by atoms with Crippen LogP contribution in [0, 0.1) is 5.92 Å². The molecule has 0 bridgehead atoms. The number of carbonyl (C=O) groups excluding carboxylic acids is 2. The molecule has 2 aliphatic heterocycles. The number of urea groups is 1. The fourth-order valence-corrected chi connectivity index (χ4v) is 3.08. The van der Waals surface area contributed by atoms with Crippen molar-refractivity contribution in [3.05, 3.63) is 35.9 Å². The van der Waals surface area contributed by atoms with Crippen LogP contribution in [-0.4, -0.2) is 35.2 Å². The second kappa shape index (κ2) is 5.17. The first-order chi connectivity index (χ1) is 10.1. The van der Waals surface area contributed by atoms with Crippen LogP contribution in [0.25, 0.3) is 0 Å². The van der Waals surface area contributed by atoms with Crippen molar-refractivity contribution in [1.29, 1.82) is 0 Å². The summed E-state index contributed by atoms with van der Waals surface area (Å²) in [7, 11) is 0. The van der Waals surface area contributed by atoms with Crippen LogP contribution in [0.5, 0.6) is 0 Å². The van der Waals surface area contributed by atoms with Crippen LogP contribution in [-0.2, 0) is 9.59 Å². The number of carbonyl (C=O) groups is 3. The number of hydrogen-bond donors (Lipinski definition) is 4. The Labute approximate surface area is 120 Å². The third-order valence-corrected chi connectivity index (χ3v) is 4.01.